The highest BCUT2D eigenvalue weighted by Gasteiger charge is 2.19. The van der Waals surface area contributed by atoms with Crippen LogP contribution in [0, 0.1) is 6.92 Å². The summed E-state index contributed by atoms with van der Waals surface area (Å²) in [6.07, 6.45) is 0.781. The first-order valence-electron chi connectivity index (χ1n) is 7.02. The maximum Gasteiger partial charge on any atom is 0.228 e. The molecule has 20 heavy (non-hydrogen) atoms. The molecule has 5 nitrogen and oxygen atoms in total. The Morgan fingerprint density at radius 1 is 1.35 bits per heavy atom. The number of rotatable bonds is 3. The molecule has 0 spiro atoms. The molecule has 1 aliphatic heterocycles. The third kappa shape index (κ3) is 3.05. The number of aromatic nitrogens is 2. The summed E-state index contributed by atoms with van der Waals surface area (Å²) in [6, 6.07) is 8.55. The van der Waals surface area contributed by atoms with E-state index < -0.39 is 0 Å². The molecule has 5 heteroatoms. The number of nitrogens with one attached hydrogen (secondary N) is 1. The molecule has 1 aromatic heterocycles. The highest BCUT2D eigenvalue weighted by Crippen LogP contribution is 2.17. The van der Waals surface area contributed by atoms with E-state index in [1.807, 2.05) is 12.1 Å². The molecule has 1 unspecified atom stereocenters. The standard InChI is InChI=1S/C15H20N4O/c1-11-3-5-12(6-4-11)15-17-14(20-18-15)9-13-10-19(2)8-7-16-13/h3-6,13,16H,7-10H2,1-2H3. The van der Waals surface area contributed by atoms with Crippen molar-refractivity contribution in [3.05, 3.63) is 35.7 Å². The van der Waals surface area contributed by atoms with Crippen LogP contribution in [0.1, 0.15) is 11.5 Å². The number of likely N-dealkylation sites (N-methyl/N-ethyl adjacent to an activating group) is 1. The summed E-state index contributed by atoms with van der Waals surface area (Å²) < 4.78 is 5.37. The minimum Gasteiger partial charge on any atom is -0.339 e. The number of hydrogen-bond donors (Lipinski definition) is 1. The van der Waals surface area contributed by atoms with E-state index in [9.17, 15) is 0 Å². The second kappa shape index (κ2) is 5.73. The number of benzene rings is 1. The topological polar surface area (TPSA) is 54.2 Å². The van der Waals surface area contributed by atoms with Crippen LogP contribution in [0.5, 0.6) is 0 Å². The SMILES string of the molecule is Cc1ccc(-c2noc(CC3CN(C)CCN3)n2)cc1. The molecule has 1 aromatic carbocycles. The van der Waals surface area contributed by atoms with E-state index in [0.717, 1.165) is 31.6 Å². The van der Waals surface area contributed by atoms with Crippen LogP contribution in [-0.2, 0) is 6.42 Å². The van der Waals surface area contributed by atoms with E-state index in [2.05, 4.69) is 46.5 Å². The van der Waals surface area contributed by atoms with Crippen LogP contribution >= 0.6 is 0 Å². The molecular formula is C15H20N4O. The van der Waals surface area contributed by atoms with Gasteiger partial charge >= 0.3 is 0 Å². The zero-order chi connectivity index (χ0) is 13.9. The van der Waals surface area contributed by atoms with E-state index in [4.69, 9.17) is 4.52 Å². The van der Waals surface area contributed by atoms with Crippen LogP contribution in [0.3, 0.4) is 0 Å². The van der Waals surface area contributed by atoms with Crippen LogP contribution in [0.2, 0.25) is 0 Å². The van der Waals surface area contributed by atoms with Crippen LogP contribution in [0.25, 0.3) is 11.4 Å². The lowest BCUT2D eigenvalue weighted by Crippen LogP contribution is -2.49. The van der Waals surface area contributed by atoms with Crippen molar-refractivity contribution in [1.29, 1.82) is 0 Å². The average molecular weight is 272 g/mol. The van der Waals surface area contributed by atoms with Crippen molar-refractivity contribution in [3.8, 4) is 11.4 Å². The summed E-state index contributed by atoms with van der Waals surface area (Å²) in [5.74, 6) is 1.37. The normalized spacial score (nSPS) is 20.2. The molecule has 0 bridgehead atoms. The van der Waals surface area contributed by atoms with Crippen molar-refractivity contribution in [2.24, 2.45) is 0 Å². The molecule has 0 aliphatic carbocycles. The fraction of sp³-hybridized carbons (Fsp3) is 0.467. The van der Waals surface area contributed by atoms with E-state index in [1.54, 1.807) is 0 Å². The van der Waals surface area contributed by atoms with Gasteiger partial charge in [0.25, 0.3) is 0 Å². The molecule has 0 radical (unpaired) electrons. The molecule has 1 aliphatic rings. The van der Waals surface area contributed by atoms with E-state index in [1.165, 1.54) is 5.56 Å². The lowest BCUT2D eigenvalue weighted by Gasteiger charge is -2.29. The Balaban J connectivity index is 1.69. The van der Waals surface area contributed by atoms with Crippen LogP contribution in [0.4, 0.5) is 0 Å². The maximum atomic E-state index is 5.37. The second-order valence-electron chi connectivity index (χ2n) is 5.50. The van der Waals surface area contributed by atoms with E-state index in [0.29, 0.717) is 17.8 Å². The van der Waals surface area contributed by atoms with Gasteiger partial charge in [-0.3, -0.25) is 0 Å². The van der Waals surface area contributed by atoms with E-state index in [-0.39, 0.29) is 0 Å². The van der Waals surface area contributed by atoms with Gasteiger partial charge in [-0.2, -0.15) is 4.98 Å². The third-order valence-electron chi connectivity index (χ3n) is 3.66. The Hall–Kier alpha value is -1.72. The second-order valence-corrected chi connectivity index (χ2v) is 5.50. The lowest BCUT2D eigenvalue weighted by molar-refractivity contribution is 0.227. The van der Waals surface area contributed by atoms with Gasteiger partial charge in [0, 0.05) is 37.7 Å². The molecule has 2 aromatic rings. The molecule has 106 valence electrons. The lowest BCUT2D eigenvalue weighted by atomic mass is 10.1. The number of nitrogens with zero attached hydrogens (tertiary/aromatic N) is 3. The van der Waals surface area contributed by atoms with Gasteiger partial charge < -0.3 is 14.7 Å². The fourth-order valence-corrected chi connectivity index (χ4v) is 2.50. The molecular weight excluding hydrogens is 252 g/mol. The molecule has 0 saturated carbocycles. The minimum absolute atomic E-state index is 0.389. The van der Waals surface area contributed by atoms with Gasteiger partial charge in [-0.25, -0.2) is 0 Å². The van der Waals surface area contributed by atoms with Gasteiger partial charge in [0.15, 0.2) is 0 Å². The summed E-state index contributed by atoms with van der Waals surface area (Å²) in [5, 5.41) is 7.56. The maximum absolute atomic E-state index is 5.37. The predicted octanol–water partition coefficient (Wildman–Crippen LogP) is 1.49. The summed E-state index contributed by atoms with van der Waals surface area (Å²) in [6.45, 7) is 5.19. The molecule has 1 fully saturated rings. The van der Waals surface area contributed by atoms with Gasteiger partial charge in [0.1, 0.15) is 0 Å². The first kappa shape index (κ1) is 13.3. The van der Waals surface area contributed by atoms with Gasteiger partial charge in [-0.05, 0) is 14.0 Å². The number of aryl methyl sites for hydroxylation is 1. The zero-order valence-corrected chi connectivity index (χ0v) is 12.0. The smallest absolute Gasteiger partial charge is 0.228 e. The highest BCUT2D eigenvalue weighted by molar-refractivity contribution is 5.54. The molecule has 1 N–H and O–H groups in total. The quantitative estimate of drug-likeness (QED) is 0.917. The Labute approximate surface area is 119 Å². The summed E-state index contributed by atoms with van der Waals surface area (Å²) in [7, 11) is 2.14. The molecule has 1 atom stereocenters. The van der Waals surface area contributed by atoms with Crippen LogP contribution in [-0.4, -0.2) is 47.8 Å². The van der Waals surface area contributed by atoms with Crippen molar-refractivity contribution in [3.63, 3.8) is 0 Å². The Morgan fingerprint density at radius 2 is 2.15 bits per heavy atom. The molecule has 3 rings (SSSR count). The van der Waals surface area contributed by atoms with Crippen molar-refractivity contribution in [2.45, 2.75) is 19.4 Å². The molecule has 0 amide bonds. The number of hydrogen-bond acceptors (Lipinski definition) is 5. The monoisotopic (exact) mass is 272 g/mol. The first-order valence-corrected chi connectivity index (χ1v) is 7.02. The Kier molecular flexibility index (Phi) is 3.80. The van der Waals surface area contributed by atoms with Crippen LogP contribution in [0.15, 0.2) is 28.8 Å². The summed E-state index contributed by atoms with van der Waals surface area (Å²) in [4.78, 5) is 6.81. The Bertz CT molecular complexity index is 564. The molecule has 1 saturated heterocycles. The highest BCUT2D eigenvalue weighted by atomic mass is 16.5. The zero-order valence-electron chi connectivity index (χ0n) is 12.0. The summed E-state index contributed by atoms with van der Waals surface area (Å²) in [5.41, 5.74) is 2.23. The van der Waals surface area contributed by atoms with Gasteiger partial charge in [0.2, 0.25) is 11.7 Å². The first-order chi connectivity index (χ1) is 9.70. The van der Waals surface area contributed by atoms with Gasteiger partial charge in [-0.1, -0.05) is 35.0 Å². The van der Waals surface area contributed by atoms with Gasteiger partial charge in [0.05, 0.1) is 0 Å². The summed E-state index contributed by atoms with van der Waals surface area (Å²) >= 11 is 0. The predicted molar refractivity (Wildman–Crippen MR) is 77.5 cm³/mol. The van der Waals surface area contributed by atoms with Crippen molar-refractivity contribution in [2.75, 3.05) is 26.7 Å². The van der Waals surface area contributed by atoms with Gasteiger partial charge in [-0.15, -0.1) is 0 Å². The fourth-order valence-electron chi connectivity index (χ4n) is 2.50. The molecule has 2 heterocycles. The third-order valence-corrected chi connectivity index (χ3v) is 3.66. The Morgan fingerprint density at radius 3 is 2.90 bits per heavy atom. The van der Waals surface area contributed by atoms with Crippen molar-refractivity contribution >= 4 is 0 Å². The number of piperazine rings is 1. The van der Waals surface area contributed by atoms with Crippen LogP contribution < -0.4 is 5.32 Å². The minimum atomic E-state index is 0.389. The average Bonchev–Trinajstić information content (AvgIpc) is 2.88. The van der Waals surface area contributed by atoms with E-state index >= 15 is 0 Å². The van der Waals surface area contributed by atoms with Crippen molar-refractivity contribution < 1.29 is 4.52 Å². The van der Waals surface area contributed by atoms with Crippen molar-refractivity contribution in [1.82, 2.24) is 20.4 Å². The largest absolute Gasteiger partial charge is 0.339 e.